The van der Waals surface area contributed by atoms with Crippen LogP contribution in [0.4, 0.5) is 0 Å². The first kappa shape index (κ1) is 86.0. The maximum absolute atomic E-state index is 6.33. The van der Waals surface area contributed by atoms with Gasteiger partial charge < -0.3 is 32.9 Å². The molecule has 382 valence electrons. The summed E-state index contributed by atoms with van der Waals surface area (Å²) in [5.41, 5.74) is 3.93. The first-order valence-corrected chi connectivity index (χ1v) is 56.6. The first-order valence-electron chi connectivity index (χ1n) is 20.5. The van der Waals surface area contributed by atoms with Crippen molar-refractivity contribution in [3.8, 4) is 0 Å². The molecular weight excluding hydrogens is 957 g/mol. The molecule has 0 radical (unpaired) electrons. The molecule has 0 aliphatic rings. The van der Waals surface area contributed by atoms with Crippen molar-refractivity contribution in [1.82, 2.24) is 0 Å². The fraction of sp³-hybridized carbons (Fsp3) is 0.902. The molecule has 0 bridgehead atoms. The second-order valence-corrected chi connectivity index (χ2v) is 68.3. The maximum atomic E-state index is 6.33. The number of hydrogen-bond donors (Lipinski definition) is 0. The summed E-state index contributed by atoms with van der Waals surface area (Å²) < 4.78 is 48.8. The van der Waals surface area contributed by atoms with Crippen molar-refractivity contribution < 1.29 is 32.9 Å². The third-order valence-electron chi connectivity index (χ3n) is 6.31. The Morgan fingerprint density at radius 2 is 0.689 bits per heavy atom. The fourth-order valence-electron chi connectivity index (χ4n) is 5.85. The van der Waals surface area contributed by atoms with E-state index in [0.717, 1.165) is 0 Å². The Labute approximate surface area is 404 Å². The standard InChI is InChI=1S/C10H28O2Si3.C9H28O3Si4.C8H24O2Si3.C8H18OSi2.6CH4/c1-8-9-10-14(4,5)12-15(6,7)11-13(2)3;1-13(10-14(2,3)4)11-16(8,9)12-15(5,6)7;1-11(2,3)9-13(7,8)10-12(4,5)6;1-7-10(3,4)9-11(5,6)8-2;;;;;;/h13H,8-10H2,1-7H3;13H,1-9H3;1-8H3;7-8H,1-2H2,3-6H3;6*1H4. The maximum Gasteiger partial charge on any atom is 0.312 e. The Bertz CT molecular complexity index is 1030. The highest BCUT2D eigenvalue weighted by molar-refractivity contribution is 6.90. The van der Waals surface area contributed by atoms with Gasteiger partial charge in [0.05, 0.1) is 0 Å². The predicted molar refractivity (Wildman–Crippen MR) is 319 cm³/mol. The summed E-state index contributed by atoms with van der Waals surface area (Å²) >= 11 is 0. The van der Waals surface area contributed by atoms with Crippen molar-refractivity contribution in [3.05, 3.63) is 24.6 Å². The summed E-state index contributed by atoms with van der Waals surface area (Å²) in [6.07, 6.45) is 2.56. The topological polar surface area (TPSA) is 73.8 Å². The lowest BCUT2D eigenvalue weighted by Gasteiger charge is -2.35. The van der Waals surface area contributed by atoms with E-state index >= 15 is 0 Å². The third-order valence-corrected chi connectivity index (χ3v) is 43.4. The van der Waals surface area contributed by atoms with Crippen molar-refractivity contribution in [3.63, 3.8) is 0 Å². The highest BCUT2D eigenvalue weighted by Gasteiger charge is 2.37. The van der Waals surface area contributed by atoms with Gasteiger partial charge in [-0.15, -0.1) is 13.2 Å². The van der Waals surface area contributed by atoms with Gasteiger partial charge in [0.15, 0.2) is 67.3 Å². The minimum Gasteiger partial charge on any atom is -0.449 e. The van der Waals surface area contributed by atoms with E-state index in [0.29, 0.717) is 0 Å². The lowest BCUT2D eigenvalue weighted by Crippen LogP contribution is -2.50. The van der Waals surface area contributed by atoms with Gasteiger partial charge in [-0.3, -0.25) is 0 Å². The van der Waals surface area contributed by atoms with Crippen LogP contribution in [-0.2, 0) is 32.9 Å². The van der Waals surface area contributed by atoms with Gasteiger partial charge in [0.1, 0.15) is 0 Å². The van der Waals surface area contributed by atoms with E-state index in [-0.39, 0.29) is 44.6 Å². The molecule has 0 spiro atoms. The zero-order chi connectivity index (χ0) is 45.3. The first-order chi connectivity index (χ1) is 23.7. The van der Waals surface area contributed by atoms with Crippen LogP contribution in [0.15, 0.2) is 24.6 Å². The molecule has 0 aliphatic carbocycles. The van der Waals surface area contributed by atoms with Gasteiger partial charge in [-0.2, -0.15) is 0 Å². The second kappa shape index (κ2) is 35.0. The number of hydrogen-bond acceptors (Lipinski definition) is 8. The molecule has 0 saturated heterocycles. The van der Waals surface area contributed by atoms with Crippen molar-refractivity contribution in [1.29, 1.82) is 0 Å². The number of unbranched alkanes of at least 4 members (excludes halogenated alkanes) is 1. The quantitative estimate of drug-likeness (QED) is 0.105. The van der Waals surface area contributed by atoms with Crippen LogP contribution in [0, 0.1) is 0 Å². The molecule has 1 atom stereocenters. The van der Waals surface area contributed by atoms with Crippen LogP contribution in [-0.4, -0.2) is 102 Å². The number of rotatable bonds is 21. The molecule has 20 heteroatoms. The van der Waals surface area contributed by atoms with Crippen LogP contribution in [0.1, 0.15) is 64.3 Å². The molecule has 0 N–H and O–H groups in total. The highest BCUT2D eigenvalue weighted by Crippen LogP contribution is 2.23. The minimum absolute atomic E-state index is 0. The van der Waals surface area contributed by atoms with E-state index in [4.69, 9.17) is 32.9 Å². The van der Waals surface area contributed by atoms with Gasteiger partial charge in [0.2, 0.25) is 0 Å². The molecule has 0 aromatic carbocycles. The summed E-state index contributed by atoms with van der Waals surface area (Å²) in [5.74, 6) is 0. The molecule has 61 heavy (non-hydrogen) atoms. The average molecular weight is 1080 g/mol. The molecule has 0 amide bonds. The van der Waals surface area contributed by atoms with Gasteiger partial charge in [-0.25, -0.2) is 0 Å². The van der Waals surface area contributed by atoms with Gasteiger partial charge in [-0.1, -0.05) is 75.7 Å². The summed E-state index contributed by atoms with van der Waals surface area (Å²) in [4.78, 5) is 0. The molecule has 0 aromatic rings. The van der Waals surface area contributed by atoms with E-state index in [1.54, 1.807) is 0 Å². The van der Waals surface area contributed by atoms with E-state index in [1.807, 2.05) is 11.4 Å². The summed E-state index contributed by atoms with van der Waals surface area (Å²) in [6.45, 7) is 69.1. The van der Waals surface area contributed by atoms with Crippen LogP contribution in [0.25, 0.3) is 0 Å². The molecule has 8 nitrogen and oxygen atoms in total. The average Bonchev–Trinajstić information content (AvgIpc) is 2.80. The van der Waals surface area contributed by atoms with Gasteiger partial charge in [0, 0.05) is 0 Å². The lowest BCUT2D eigenvalue weighted by atomic mass is 10.4. The van der Waals surface area contributed by atoms with Crippen LogP contribution >= 0.6 is 0 Å². The largest absolute Gasteiger partial charge is 0.449 e. The van der Waals surface area contributed by atoms with Crippen molar-refractivity contribution >= 4 is 102 Å². The van der Waals surface area contributed by atoms with Crippen LogP contribution in [0.5, 0.6) is 0 Å². The highest BCUT2D eigenvalue weighted by atomic mass is 28.5. The Kier molecular flexibility index (Phi) is 49.3. The molecule has 1 unspecified atom stereocenters. The fourth-order valence-corrected chi connectivity index (χ4v) is 50.7. The van der Waals surface area contributed by atoms with Crippen molar-refractivity contribution in [2.45, 2.75) is 247 Å². The predicted octanol–water partition coefficient (Wildman–Crippen LogP) is 17.0. The van der Waals surface area contributed by atoms with Crippen LogP contribution in [0.2, 0.25) is 183 Å². The molecule has 0 fully saturated rings. The SMILES string of the molecule is C.C.C.C.C.C.C=C[Si](C)(C)O[Si](C)(C)C=C.CCCC[Si](C)(C)O[Si](C)(C)O[SiH](C)C.C[SiH](O[Si](C)(C)C)O[Si](C)(C)O[Si](C)(C)C.C[Si](C)(C)O[Si](C)(C)O[Si](C)(C)C. The van der Waals surface area contributed by atoms with Crippen LogP contribution < -0.4 is 0 Å². The molecule has 0 heterocycles. The lowest BCUT2D eigenvalue weighted by molar-refractivity contribution is 0.352. The van der Waals surface area contributed by atoms with E-state index in [1.165, 1.54) is 18.9 Å². The van der Waals surface area contributed by atoms with E-state index < -0.39 is 102 Å². The Balaban J connectivity index is -0.0000000693. The monoisotopic (exact) mass is 1080 g/mol. The van der Waals surface area contributed by atoms with E-state index in [9.17, 15) is 0 Å². The molecule has 0 aliphatic heterocycles. The summed E-state index contributed by atoms with van der Waals surface area (Å²) in [5, 5.41) is 0. The summed E-state index contributed by atoms with van der Waals surface area (Å²) in [7, 11) is -18.6. The molecule has 0 saturated carbocycles. The Hall–Kier alpha value is 1.76. The van der Waals surface area contributed by atoms with Crippen LogP contribution in [0.3, 0.4) is 0 Å². The Morgan fingerprint density at radius 1 is 0.393 bits per heavy atom. The zero-order valence-corrected chi connectivity index (χ0v) is 54.4. The van der Waals surface area contributed by atoms with E-state index in [2.05, 4.69) is 197 Å². The van der Waals surface area contributed by atoms with Crippen molar-refractivity contribution in [2.75, 3.05) is 0 Å². The van der Waals surface area contributed by atoms with Gasteiger partial charge in [0.25, 0.3) is 9.28 Å². The normalized spacial score (nSPS) is 13.1. The van der Waals surface area contributed by atoms with Gasteiger partial charge >= 0.3 is 25.7 Å². The van der Waals surface area contributed by atoms with Crippen molar-refractivity contribution in [2.24, 2.45) is 0 Å². The Morgan fingerprint density at radius 3 is 0.934 bits per heavy atom. The van der Waals surface area contributed by atoms with Gasteiger partial charge in [-0.05, 0) is 183 Å². The molecule has 0 rings (SSSR count). The molecular formula is C41H122O8Si12. The minimum atomic E-state index is -1.98. The zero-order valence-electron chi connectivity index (χ0n) is 42.1. The third kappa shape index (κ3) is 66.1. The molecule has 0 aromatic heterocycles. The summed E-state index contributed by atoms with van der Waals surface area (Å²) in [6, 6.07) is 1.27. The second-order valence-electron chi connectivity index (χ2n) is 21.6. The smallest absolute Gasteiger partial charge is 0.312 e.